The van der Waals surface area contributed by atoms with Gasteiger partial charge in [-0.25, -0.2) is 4.57 Å². The number of phosphoric acid groups is 1. The highest BCUT2D eigenvalue weighted by molar-refractivity contribution is 7.47. The van der Waals surface area contributed by atoms with Crippen LogP contribution in [0.2, 0.25) is 0 Å². The number of hydrogen-bond donors (Lipinski definition) is 1. The summed E-state index contributed by atoms with van der Waals surface area (Å²) in [6.07, 6.45) is 125. The van der Waals surface area contributed by atoms with Gasteiger partial charge in [0.15, 0.2) is 6.10 Å². The van der Waals surface area contributed by atoms with Gasteiger partial charge in [0.1, 0.15) is 19.8 Å². The first-order valence-corrected chi connectivity index (χ1v) is 44.4. The van der Waals surface area contributed by atoms with Gasteiger partial charge < -0.3 is 18.9 Å². The van der Waals surface area contributed by atoms with Crippen molar-refractivity contribution in [1.29, 1.82) is 0 Å². The molecule has 0 saturated carbocycles. The maximum atomic E-state index is 12.9. The van der Waals surface area contributed by atoms with Gasteiger partial charge in [0, 0.05) is 12.8 Å². The molecule has 0 aliphatic heterocycles. The number of quaternary nitrogens is 1. The van der Waals surface area contributed by atoms with Crippen molar-refractivity contribution in [3.8, 4) is 0 Å². The highest BCUT2D eigenvalue weighted by atomic mass is 31.2. The summed E-state index contributed by atoms with van der Waals surface area (Å²) in [6, 6.07) is 0. The summed E-state index contributed by atoms with van der Waals surface area (Å²) in [6.45, 7) is 4.22. The van der Waals surface area contributed by atoms with E-state index >= 15 is 0 Å². The number of likely N-dealkylation sites (N-methyl/N-ethyl adjacent to an activating group) is 1. The second-order valence-electron chi connectivity index (χ2n) is 29.5. The smallest absolute Gasteiger partial charge is 0.462 e. The van der Waals surface area contributed by atoms with E-state index in [1.165, 1.54) is 193 Å². The van der Waals surface area contributed by atoms with Gasteiger partial charge in [-0.2, -0.15) is 0 Å². The molecule has 0 aliphatic rings. The van der Waals surface area contributed by atoms with Crippen molar-refractivity contribution < 1.29 is 42.1 Å². The number of rotatable bonds is 78. The molecule has 2 unspecified atom stereocenters. The van der Waals surface area contributed by atoms with Crippen LogP contribution in [0.4, 0.5) is 0 Å². The minimum absolute atomic E-state index is 0.0245. The second-order valence-corrected chi connectivity index (χ2v) is 30.9. The van der Waals surface area contributed by atoms with Crippen molar-refractivity contribution in [3.05, 3.63) is 170 Å². The molecule has 9 nitrogen and oxygen atoms in total. The molecule has 104 heavy (non-hydrogen) atoms. The van der Waals surface area contributed by atoms with E-state index in [0.29, 0.717) is 17.4 Å². The van der Waals surface area contributed by atoms with Gasteiger partial charge in [-0.1, -0.05) is 389 Å². The molecule has 594 valence electrons. The number of unbranched alkanes of at least 4 members (excludes halogenated alkanes) is 36. The van der Waals surface area contributed by atoms with Gasteiger partial charge in [0.25, 0.3) is 0 Å². The molecule has 1 N–H and O–H groups in total. The Morgan fingerprint density at radius 1 is 0.298 bits per heavy atom. The third kappa shape index (κ3) is 86.3. The summed E-state index contributed by atoms with van der Waals surface area (Å²) in [5.41, 5.74) is 0. The first-order chi connectivity index (χ1) is 51.0. The standard InChI is InChI=1S/C94H160NO8P/c1-6-8-10-12-14-16-18-20-22-24-26-28-30-32-34-36-38-40-42-44-46-47-49-50-52-54-56-58-60-62-64-66-68-70-72-74-76-78-80-82-84-86-93(96)100-90-92(91-102-104(98,99)101-89-88-95(3,4)5)103-94(97)87-85-83-81-79-77-75-73-71-69-67-65-63-61-59-57-55-53-51-48-45-43-41-39-37-35-33-31-29-27-25-23-21-19-17-15-13-11-9-7-2/h8-11,14-17,20-23,26-29,33,35,39,41,45,48,53,55,59,61,65,67,92H,6-7,12-13,18-19,24-25,30-32,34,36-38,40,42-44,46-47,49-52,54,56-58,60,62-64,66,68-91H2,1-5H3/p+1/b10-8-,11-9-,16-14-,17-15-,22-20-,23-21-,28-26-,29-27-,35-33-,41-39-,48-45-,55-53-,61-59-,67-65-. The number of phosphoric ester groups is 1. The fourth-order valence-electron chi connectivity index (χ4n) is 11.8. The topological polar surface area (TPSA) is 108 Å². The van der Waals surface area contributed by atoms with Crippen LogP contribution in [0, 0.1) is 0 Å². The SMILES string of the molecule is CC/C=C\C/C=C\C/C=C\C/C=C\C/C=C\C/C=C\C/C=C\C/C=C\C/C=C\C/C=C\CCCCCCCCCCC(=O)OC(COC(=O)CCCCCCCCCCCCCCCCCCCCCCCCCCCCCC/C=C\C/C=C\C/C=C\C/C=C\CC)COP(=O)(O)OCC[N+](C)(C)C. The molecule has 0 aliphatic carbocycles. The fourth-order valence-corrected chi connectivity index (χ4v) is 12.5. The Hall–Kier alpha value is -4.63. The molecule has 10 heteroatoms. The Labute approximate surface area is 642 Å². The lowest BCUT2D eigenvalue weighted by Gasteiger charge is -2.24. The van der Waals surface area contributed by atoms with Crippen LogP contribution in [-0.4, -0.2) is 74.9 Å². The molecule has 0 aromatic rings. The summed E-state index contributed by atoms with van der Waals surface area (Å²) in [5.74, 6) is -0.802. The quantitative estimate of drug-likeness (QED) is 0.0211. The van der Waals surface area contributed by atoms with Crippen LogP contribution in [0.25, 0.3) is 0 Å². The number of esters is 2. The van der Waals surface area contributed by atoms with Gasteiger partial charge in [0.2, 0.25) is 0 Å². The van der Waals surface area contributed by atoms with Gasteiger partial charge in [-0.15, -0.1) is 0 Å². The van der Waals surface area contributed by atoms with Crippen molar-refractivity contribution in [3.63, 3.8) is 0 Å². The maximum absolute atomic E-state index is 12.9. The predicted molar refractivity (Wildman–Crippen MR) is 454 cm³/mol. The van der Waals surface area contributed by atoms with Crippen LogP contribution in [-0.2, 0) is 32.7 Å². The zero-order chi connectivity index (χ0) is 75.4. The van der Waals surface area contributed by atoms with E-state index in [9.17, 15) is 19.0 Å². The van der Waals surface area contributed by atoms with Crippen LogP contribution >= 0.6 is 7.82 Å². The highest BCUT2D eigenvalue weighted by Gasteiger charge is 2.27. The zero-order valence-corrected chi connectivity index (χ0v) is 68.8. The molecule has 0 amide bonds. The molecule has 0 fully saturated rings. The normalized spacial score (nSPS) is 13.9. The summed E-state index contributed by atoms with van der Waals surface area (Å²) < 4.78 is 34.8. The van der Waals surface area contributed by atoms with Gasteiger partial charge in [-0.3, -0.25) is 18.6 Å². The van der Waals surface area contributed by atoms with Crippen LogP contribution in [0.5, 0.6) is 0 Å². The molecule has 0 radical (unpaired) electrons. The lowest BCUT2D eigenvalue weighted by molar-refractivity contribution is -0.870. The van der Waals surface area contributed by atoms with Crippen molar-refractivity contribution in [2.45, 2.75) is 367 Å². The molecule has 0 spiro atoms. The average molecular weight is 1460 g/mol. The van der Waals surface area contributed by atoms with E-state index in [-0.39, 0.29) is 32.0 Å². The van der Waals surface area contributed by atoms with Gasteiger partial charge in [-0.05, 0) is 128 Å². The minimum atomic E-state index is -4.41. The van der Waals surface area contributed by atoms with Gasteiger partial charge >= 0.3 is 19.8 Å². The average Bonchev–Trinajstić information content (AvgIpc) is 0.915. The van der Waals surface area contributed by atoms with Crippen molar-refractivity contribution in [1.82, 2.24) is 0 Å². The van der Waals surface area contributed by atoms with E-state index < -0.39 is 26.5 Å². The molecule has 2 atom stereocenters. The van der Waals surface area contributed by atoms with Crippen LogP contribution in [0.3, 0.4) is 0 Å². The molecular formula is C94H161NO8P+. The van der Waals surface area contributed by atoms with E-state index in [4.69, 9.17) is 18.5 Å². The van der Waals surface area contributed by atoms with Crippen molar-refractivity contribution in [2.24, 2.45) is 0 Å². The number of nitrogens with zero attached hydrogens (tertiary/aromatic N) is 1. The zero-order valence-electron chi connectivity index (χ0n) is 68.0. The summed E-state index contributed by atoms with van der Waals surface area (Å²) in [4.78, 5) is 36.0. The Bertz CT molecular complexity index is 2370. The lowest BCUT2D eigenvalue weighted by Crippen LogP contribution is -2.37. The molecule has 0 rings (SSSR count). The van der Waals surface area contributed by atoms with E-state index in [2.05, 4.69) is 184 Å². The van der Waals surface area contributed by atoms with E-state index in [1.807, 2.05) is 21.1 Å². The van der Waals surface area contributed by atoms with Crippen LogP contribution in [0.1, 0.15) is 361 Å². The third-order valence-electron chi connectivity index (χ3n) is 18.2. The molecule has 0 bridgehead atoms. The van der Waals surface area contributed by atoms with Crippen molar-refractivity contribution in [2.75, 3.05) is 47.5 Å². The van der Waals surface area contributed by atoms with Crippen LogP contribution < -0.4 is 0 Å². The second kappa shape index (κ2) is 82.4. The Kier molecular flexibility index (Phi) is 78.8. The fraction of sp³-hybridized carbons (Fsp3) is 0.681. The lowest BCUT2D eigenvalue weighted by atomic mass is 10.0. The Morgan fingerprint density at radius 3 is 0.769 bits per heavy atom. The Morgan fingerprint density at radius 2 is 0.519 bits per heavy atom. The number of hydrogen-bond acceptors (Lipinski definition) is 7. The first kappa shape index (κ1) is 99.4. The molecule has 0 saturated heterocycles. The highest BCUT2D eigenvalue weighted by Crippen LogP contribution is 2.43. The van der Waals surface area contributed by atoms with E-state index in [0.717, 1.165) is 135 Å². The summed E-state index contributed by atoms with van der Waals surface area (Å²) in [7, 11) is 1.47. The number of carbonyl (C=O) groups is 2. The molecule has 0 aromatic heterocycles. The molecule has 0 aromatic carbocycles. The predicted octanol–water partition coefficient (Wildman–Crippen LogP) is 29.2. The maximum Gasteiger partial charge on any atom is 0.472 e. The monoisotopic (exact) mass is 1460 g/mol. The molecule has 0 heterocycles. The van der Waals surface area contributed by atoms with Crippen LogP contribution in [0.15, 0.2) is 170 Å². The third-order valence-corrected chi connectivity index (χ3v) is 19.2. The van der Waals surface area contributed by atoms with Crippen molar-refractivity contribution >= 4 is 19.8 Å². The number of carbonyl (C=O) groups excluding carboxylic acids is 2. The summed E-state index contributed by atoms with van der Waals surface area (Å²) >= 11 is 0. The summed E-state index contributed by atoms with van der Waals surface area (Å²) in [5, 5.41) is 0. The first-order valence-electron chi connectivity index (χ1n) is 42.9. The largest absolute Gasteiger partial charge is 0.472 e. The number of allylic oxidation sites excluding steroid dienone is 28. The Balaban J connectivity index is 3.97. The minimum Gasteiger partial charge on any atom is -0.462 e. The molecular weight excluding hydrogens is 1300 g/mol. The number of ether oxygens (including phenoxy) is 2. The van der Waals surface area contributed by atoms with E-state index in [1.54, 1.807) is 0 Å². The van der Waals surface area contributed by atoms with Gasteiger partial charge in [0.05, 0.1) is 27.7 Å².